The number of carbonyl (C=O) groups excluding carboxylic acids is 4. The molecule has 3 heterocycles. The van der Waals surface area contributed by atoms with Crippen molar-refractivity contribution < 1.29 is 50.6 Å². The van der Waals surface area contributed by atoms with Crippen molar-refractivity contribution in [3.63, 3.8) is 0 Å². The van der Waals surface area contributed by atoms with Crippen LogP contribution in [-0.4, -0.2) is 95.8 Å². The van der Waals surface area contributed by atoms with Crippen LogP contribution in [0.25, 0.3) is 10.8 Å². The highest BCUT2D eigenvalue weighted by atomic mass is 32.2. The van der Waals surface area contributed by atoms with Gasteiger partial charge in [0.2, 0.25) is 27.7 Å². The molecule has 57 heavy (non-hydrogen) atoms. The fourth-order valence-corrected chi connectivity index (χ4v) is 9.00. The van der Waals surface area contributed by atoms with E-state index < -0.39 is 92.8 Å². The molecule has 14 nitrogen and oxygen atoms in total. The van der Waals surface area contributed by atoms with E-state index in [1.54, 1.807) is 52.0 Å². The zero-order valence-electron chi connectivity index (χ0n) is 33.2. The van der Waals surface area contributed by atoms with E-state index in [-0.39, 0.29) is 36.9 Å². The number of hydrogen-bond donors (Lipinski definition) is 3. The second kappa shape index (κ2) is 16.0. The third kappa shape index (κ3) is 9.44. The number of rotatable bonds is 9. The van der Waals surface area contributed by atoms with Crippen LogP contribution in [0.3, 0.4) is 0 Å². The van der Waals surface area contributed by atoms with Gasteiger partial charge in [0, 0.05) is 23.1 Å². The van der Waals surface area contributed by atoms with Crippen LogP contribution in [0, 0.1) is 17.8 Å². The summed E-state index contributed by atoms with van der Waals surface area (Å²) in [7, 11) is -4.04. The molecule has 2 aliphatic heterocycles. The van der Waals surface area contributed by atoms with Crippen molar-refractivity contribution in [3.05, 3.63) is 42.6 Å². The molecule has 3 fully saturated rings. The molecular weight excluding hydrogens is 765 g/mol. The van der Waals surface area contributed by atoms with Crippen molar-refractivity contribution in [2.45, 2.75) is 127 Å². The molecule has 1 aromatic carbocycles. The summed E-state index contributed by atoms with van der Waals surface area (Å²) in [5.41, 5.74) is -2.45. The Morgan fingerprint density at radius 3 is 2.47 bits per heavy atom. The highest BCUT2D eigenvalue weighted by Gasteiger charge is 2.63. The fourth-order valence-electron chi connectivity index (χ4n) is 7.69. The van der Waals surface area contributed by atoms with E-state index in [0.29, 0.717) is 36.5 Å². The second-order valence-corrected chi connectivity index (χ2v) is 19.5. The van der Waals surface area contributed by atoms with Gasteiger partial charge in [0.25, 0.3) is 12.3 Å². The van der Waals surface area contributed by atoms with E-state index in [0.717, 1.165) is 6.42 Å². The molecule has 2 aromatic rings. The van der Waals surface area contributed by atoms with E-state index in [1.807, 2.05) is 26.0 Å². The molecule has 3 N–H and O–H groups in total. The van der Waals surface area contributed by atoms with Crippen LogP contribution in [0.1, 0.15) is 86.5 Å². The summed E-state index contributed by atoms with van der Waals surface area (Å²) < 4.78 is 70.8. The molecule has 312 valence electrons. The highest BCUT2D eigenvalue weighted by Crippen LogP contribution is 2.47. The van der Waals surface area contributed by atoms with Crippen LogP contribution < -0.4 is 24.8 Å². The number of carbonyl (C=O) groups is 4. The molecule has 6 rings (SSSR count). The number of alkyl halides is 2. The molecule has 4 aliphatic rings. The van der Waals surface area contributed by atoms with Gasteiger partial charge >= 0.3 is 6.09 Å². The number of nitrogens with one attached hydrogen (secondary N) is 3. The van der Waals surface area contributed by atoms with E-state index >= 15 is 0 Å². The number of amides is 4. The lowest BCUT2D eigenvalue weighted by Gasteiger charge is -2.33. The quantitative estimate of drug-likeness (QED) is 0.291. The molecule has 1 saturated heterocycles. The molecule has 7 atom stereocenters. The van der Waals surface area contributed by atoms with E-state index in [9.17, 15) is 36.4 Å². The van der Waals surface area contributed by atoms with Gasteiger partial charge in [-0.1, -0.05) is 44.2 Å². The summed E-state index contributed by atoms with van der Waals surface area (Å²) in [6.07, 6.45) is 3.52. The number of nitrogens with zero attached hydrogens (tertiary/aromatic N) is 2. The number of pyridine rings is 1. The van der Waals surface area contributed by atoms with Gasteiger partial charge in [-0.2, -0.15) is 0 Å². The third-order valence-electron chi connectivity index (χ3n) is 11.3. The Kier molecular flexibility index (Phi) is 11.8. The fraction of sp³-hybridized carbons (Fsp3) is 0.625. The monoisotopic (exact) mass is 817 g/mol. The van der Waals surface area contributed by atoms with Crippen molar-refractivity contribution in [1.29, 1.82) is 0 Å². The molecule has 0 radical (unpaired) electrons. The average Bonchev–Trinajstić information content (AvgIpc) is 4.00. The topological polar surface area (TPSA) is 182 Å². The highest BCUT2D eigenvalue weighted by molar-refractivity contribution is 7.91. The Hall–Kier alpha value is -4.54. The van der Waals surface area contributed by atoms with E-state index in [2.05, 4.69) is 20.3 Å². The number of aromatic nitrogens is 1. The number of alkyl carbamates (subject to hydrolysis) is 1. The average molecular weight is 818 g/mol. The minimum absolute atomic E-state index is 0.0598. The first-order valence-electron chi connectivity index (χ1n) is 19.5. The Bertz CT molecular complexity index is 2020. The largest absolute Gasteiger partial charge is 0.485 e. The number of halogens is 2. The number of ether oxygens (including phenoxy) is 3. The predicted molar refractivity (Wildman–Crippen MR) is 206 cm³/mol. The number of hydrogen-bond acceptors (Lipinski definition) is 10. The lowest BCUT2D eigenvalue weighted by molar-refractivity contribution is -0.142. The summed E-state index contributed by atoms with van der Waals surface area (Å²) in [5, 5.41) is 6.53. The maximum atomic E-state index is 14.8. The number of allylic oxidation sites excluding steroid dienone is 1. The summed E-state index contributed by atoms with van der Waals surface area (Å²) in [6, 6.07) is 4.45. The molecule has 1 aromatic heterocycles. The first kappa shape index (κ1) is 42.1. The molecule has 2 aliphatic carbocycles. The van der Waals surface area contributed by atoms with Crippen molar-refractivity contribution in [3.8, 4) is 11.6 Å². The van der Waals surface area contributed by atoms with Crippen LogP contribution in [-0.2, 0) is 29.1 Å². The van der Waals surface area contributed by atoms with E-state index in [1.165, 1.54) is 11.1 Å². The number of sulfonamides is 1. The van der Waals surface area contributed by atoms with Crippen LogP contribution in [0.15, 0.2) is 42.6 Å². The normalized spacial score (nSPS) is 29.0. The Morgan fingerprint density at radius 2 is 1.81 bits per heavy atom. The summed E-state index contributed by atoms with van der Waals surface area (Å²) >= 11 is 0. The van der Waals surface area contributed by atoms with Gasteiger partial charge < -0.3 is 29.7 Å². The molecule has 2 saturated carbocycles. The molecule has 4 amide bonds. The Labute approximate surface area is 331 Å². The van der Waals surface area contributed by atoms with Crippen LogP contribution >= 0.6 is 0 Å². The summed E-state index contributed by atoms with van der Waals surface area (Å²) in [6.45, 7) is 9.62. The van der Waals surface area contributed by atoms with Gasteiger partial charge in [-0.15, -0.1) is 0 Å². The summed E-state index contributed by atoms with van der Waals surface area (Å²) in [4.78, 5) is 62.1. The summed E-state index contributed by atoms with van der Waals surface area (Å²) in [5.74, 6) is -2.65. The SMILES string of the molecule is CC1CCC=CC2CC2(C(=O)NS(=O)(=O)C2(C)CC2)NC(=O)C2CC(Oc3ncc(OCC(F)F)c4ccccc34)CN2C(=O)C(NC(=O)OC(C)(C)C)C(C)C1. The Balaban J connectivity index is 1.34. The van der Waals surface area contributed by atoms with Gasteiger partial charge in [0.1, 0.15) is 41.7 Å². The molecule has 17 heteroatoms. The Morgan fingerprint density at radius 1 is 1.11 bits per heavy atom. The molecule has 7 unspecified atom stereocenters. The maximum absolute atomic E-state index is 14.8. The van der Waals surface area contributed by atoms with Crippen LogP contribution in [0.2, 0.25) is 0 Å². The maximum Gasteiger partial charge on any atom is 0.408 e. The number of fused-ring (bicyclic) bond motifs is 3. The van der Waals surface area contributed by atoms with Crippen LogP contribution in [0.4, 0.5) is 13.6 Å². The molecule has 0 spiro atoms. The van der Waals surface area contributed by atoms with Crippen molar-refractivity contribution in [1.82, 2.24) is 25.2 Å². The zero-order chi connectivity index (χ0) is 41.5. The minimum Gasteiger partial charge on any atom is -0.485 e. The van der Waals surface area contributed by atoms with Crippen molar-refractivity contribution >= 4 is 44.6 Å². The van der Waals surface area contributed by atoms with Gasteiger partial charge in [0.05, 0.1) is 17.5 Å². The first-order valence-corrected chi connectivity index (χ1v) is 21.0. The van der Waals surface area contributed by atoms with Gasteiger partial charge in [-0.05, 0) is 84.1 Å². The van der Waals surface area contributed by atoms with E-state index in [4.69, 9.17) is 14.2 Å². The van der Waals surface area contributed by atoms with Crippen molar-refractivity contribution in [2.24, 2.45) is 17.8 Å². The zero-order valence-corrected chi connectivity index (χ0v) is 34.0. The molecule has 0 bridgehead atoms. The standard InChI is InChI=1S/C40H53F2N5O9S/c1-23-11-7-8-12-25-19-40(25,36(50)46-57(52,53)39(6)15-16-39)45-33(48)29-18-26(21-47(29)35(49)32(24(2)17-23)44-37(51)56-38(3,4)5)55-34-28-14-10-9-13-27(28)30(20-43-34)54-22-31(41)42/h8-10,12-14,20,23-26,29,31-32H,7,11,15-19,21-22H2,1-6H3,(H,44,51)(H,45,48)(H,46,50). The van der Waals surface area contributed by atoms with Crippen molar-refractivity contribution in [2.75, 3.05) is 13.2 Å². The van der Waals surface area contributed by atoms with Gasteiger partial charge in [-0.25, -0.2) is 27.0 Å². The number of benzene rings is 1. The van der Waals surface area contributed by atoms with Crippen LogP contribution in [0.5, 0.6) is 11.6 Å². The second-order valence-electron chi connectivity index (χ2n) is 17.3. The lowest BCUT2D eigenvalue weighted by Crippen LogP contribution is -2.59. The van der Waals surface area contributed by atoms with Gasteiger partial charge in [-0.3, -0.25) is 19.1 Å². The third-order valence-corrected chi connectivity index (χ3v) is 13.4. The smallest absolute Gasteiger partial charge is 0.408 e. The predicted octanol–water partition coefficient (Wildman–Crippen LogP) is 5.01. The lowest BCUT2D eigenvalue weighted by atomic mass is 9.88. The minimum atomic E-state index is -4.04. The molecular formula is C40H53F2N5O9S. The first-order chi connectivity index (χ1) is 26.7. The van der Waals surface area contributed by atoms with Gasteiger partial charge in [0.15, 0.2) is 0 Å².